The number of halogens is 1. The summed E-state index contributed by atoms with van der Waals surface area (Å²) >= 11 is 0. The number of amides is 1. The third-order valence-corrected chi connectivity index (χ3v) is 4.26. The van der Waals surface area contributed by atoms with Crippen LogP contribution in [0.4, 0.5) is 21.5 Å². The van der Waals surface area contributed by atoms with Crippen molar-refractivity contribution in [2.24, 2.45) is 0 Å². The highest BCUT2D eigenvalue weighted by molar-refractivity contribution is 6.04. The van der Waals surface area contributed by atoms with Gasteiger partial charge < -0.3 is 10.6 Å². The Hall–Kier alpha value is -4.06. The van der Waals surface area contributed by atoms with Crippen molar-refractivity contribution in [2.45, 2.75) is 0 Å². The Morgan fingerprint density at radius 1 is 0.828 bits per heavy atom. The normalized spacial score (nSPS) is 10.4. The summed E-state index contributed by atoms with van der Waals surface area (Å²) in [5.74, 6) is -0.706. The fourth-order valence-corrected chi connectivity index (χ4v) is 2.86. The standard InChI is InChI=1S/C23H17FN4O/c24-18-4-2-6-21(14-18)28-23(29)17-3-1-5-20(13-17)27-19-9-7-16(8-10-19)22-11-12-25-15-26-22/h1-15,27H,(H,28,29). The largest absolute Gasteiger partial charge is 0.356 e. The summed E-state index contributed by atoms with van der Waals surface area (Å²) in [6.07, 6.45) is 3.22. The number of nitrogens with one attached hydrogen (secondary N) is 2. The molecule has 1 aromatic heterocycles. The average molecular weight is 384 g/mol. The fraction of sp³-hybridized carbons (Fsp3) is 0. The topological polar surface area (TPSA) is 66.9 Å². The van der Waals surface area contributed by atoms with Gasteiger partial charge in [0.15, 0.2) is 0 Å². The Kier molecular flexibility index (Phi) is 5.25. The van der Waals surface area contributed by atoms with Crippen molar-refractivity contribution in [3.05, 3.63) is 103 Å². The Morgan fingerprint density at radius 3 is 2.38 bits per heavy atom. The van der Waals surface area contributed by atoms with Gasteiger partial charge in [0.05, 0.1) is 5.69 Å². The number of aromatic nitrogens is 2. The molecule has 0 aliphatic carbocycles. The third kappa shape index (κ3) is 4.62. The lowest BCUT2D eigenvalue weighted by molar-refractivity contribution is 0.102. The number of anilines is 3. The van der Waals surface area contributed by atoms with Gasteiger partial charge >= 0.3 is 0 Å². The summed E-state index contributed by atoms with van der Waals surface area (Å²) in [6, 6.07) is 22.6. The van der Waals surface area contributed by atoms with Gasteiger partial charge in [0.25, 0.3) is 5.91 Å². The van der Waals surface area contributed by atoms with E-state index in [9.17, 15) is 9.18 Å². The summed E-state index contributed by atoms with van der Waals surface area (Å²) in [5.41, 5.74) is 4.37. The van der Waals surface area contributed by atoms with Crippen LogP contribution in [-0.4, -0.2) is 15.9 Å². The number of hydrogen-bond acceptors (Lipinski definition) is 4. The van der Waals surface area contributed by atoms with Gasteiger partial charge in [0, 0.05) is 34.4 Å². The minimum Gasteiger partial charge on any atom is -0.356 e. The molecule has 0 aliphatic rings. The van der Waals surface area contributed by atoms with E-state index in [0.717, 1.165) is 22.6 Å². The molecule has 29 heavy (non-hydrogen) atoms. The Morgan fingerprint density at radius 2 is 1.62 bits per heavy atom. The first-order valence-electron chi connectivity index (χ1n) is 8.98. The fourth-order valence-electron chi connectivity index (χ4n) is 2.86. The third-order valence-electron chi connectivity index (χ3n) is 4.26. The van der Waals surface area contributed by atoms with E-state index in [0.29, 0.717) is 11.3 Å². The number of carbonyl (C=O) groups excluding carboxylic acids is 1. The van der Waals surface area contributed by atoms with E-state index in [1.54, 1.807) is 36.5 Å². The van der Waals surface area contributed by atoms with Gasteiger partial charge in [-0.3, -0.25) is 4.79 Å². The quantitative estimate of drug-likeness (QED) is 0.491. The molecule has 0 radical (unpaired) electrons. The van der Waals surface area contributed by atoms with E-state index in [1.165, 1.54) is 18.5 Å². The maximum Gasteiger partial charge on any atom is 0.255 e. The van der Waals surface area contributed by atoms with Crippen LogP contribution in [0.1, 0.15) is 10.4 Å². The van der Waals surface area contributed by atoms with Crippen LogP contribution in [0.5, 0.6) is 0 Å². The second-order valence-corrected chi connectivity index (χ2v) is 6.34. The lowest BCUT2D eigenvalue weighted by Gasteiger charge is -2.10. The molecule has 4 rings (SSSR count). The number of nitrogens with zero attached hydrogens (tertiary/aromatic N) is 2. The molecule has 0 saturated heterocycles. The van der Waals surface area contributed by atoms with Crippen LogP contribution in [0.2, 0.25) is 0 Å². The Bertz CT molecular complexity index is 1130. The van der Waals surface area contributed by atoms with Crippen molar-refractivity contribution in [1.29, 1.82) is 0 Å². The second-order valence-electron chi connectivity index (χ2n) is 6.34. The molecule has 3 aromatic carbocycles. The molecule has 142 valence electrons. The van der Waals surface area contributed by atoms with Gasteiger partial charge in [-0.15, -0.1) is 0 Å². The van der Waals surface area contributed by atoms with Crippen LogP contribution in [0.3, 0.4) is 0 Å². The van der Waals surface area contributed by atoms with Gasteiger partial charge in [-0.25, -0.2) is 14.4 Å². The highest BCUT2D eigenvalue weighted by atomic mass is 19.1. The molecule has 0 atom stereocenters. The first-order chi connectivity index (χ1) is 14.2. The maximum atomic E-state index is 13.3. The van der Waals surface area contributed by atoms with Crippen LogP contribution in [-0.2, 0) is 0 Å². The Labute approximate surface area is 167 Å². The molecule has 5 nitrogen and oxygen atoms in total. The average Bonchev–Trinajstić information content (AvgIpc) is 2.75. The lowest BCUT2D eigenvalue weighted by atomic mass is 10.1. The summed E-state index contributed by atoms with van der Waals surface area (Å²) in [6.45, 7) is 0. The monoisotopic (exact) mass is 384 g/mol. The molecule has 6 heteroatoms. The smallest absolute Gasteiger partial charge is 0.255 e. The maximum absolute atomic E-state index is 13.3. The molecule has 0 bridgehead atoms. The molecule has 0 unspecified atom stereocenters. The molecule has 4 aromatic rings. The summed E-state index contributed by atoms with van der Waals surface area (Å²) < 4.78 is 13.3. The first kappa shape index (κ1) is 18.3. The van der Waals surface area contributed by atoms with E-state index in [2.05, 4.69) is 20.6 Å². The van der Waals surface area contributed by atoms with Gasteiger partial charge in [0.2, 0.25) is 0 Å². The zero-order valence-electron chi connectivity index (χ0n) is 15.3. The van der Waals surface area contributed by atoms with Crippen LogP contribution >= 0.6 is 0 Å². The lowest BCUT2D eigenvalue weighted by Crippen LogP contribution is -2.12. The minimum absolute atomic E-state index is 0.307. The van der Waals surface area contributed by atoms with E-state index in [-0.39, 0.29) is 5.91 Å². The van der Waals surface area contributed by atoms with Gasteiger partial charge in [-0.05, 0) is 54.6 Å². The van der Waals surface area contributed by atoms with Crippen LogP contribution in [0, 0.1) is 5.82 Å². The number of hydrogen-bond donors (Lipinski definition) is 2. The molecule has 0 spiro atoms. The highest BCUT2D eigenvalue weighted by Gasteiger charge is 2.08. The molecule has 0 fully saturated rings. The SMILES string of the molecule is O=C(Nc1cccc(F)c1)c1cccc(Nc2ccc(-c3ccncn3)cc2)c1. The van der Waals surface area contributed by atoms with Crippen LogP contribution < -0.4 is 10.6 Å². The van der Waals surface area contributed by atoms with Crippen molar-refractivity contribution in [2.75, 3.05) is 10.6 Å². The van der Waals surface area contributed by atoms with Crippen molar-refractivity contribution in [1.82, 2.24) is 9.97 Å². The van der Waals surface area contributed by atoms with E-state index in [4.69, 9.17) is 0 Å². The van der Waals surface area contributed by atoms with E-state index >= 15 is 0 Å². The van der Waals surface area contributed by atoms with Crippen molar-refractivity contribution in [3.63, 3.8) is 0 Å². The van der Waals surface area contributed by atoms with Crippen molar-refractivity contribution in [3.8, 4) is 11.3 Å². The zero-order valence-corrected chi connectivity index (χ0v) is 15.3. The first-order valence-corrected chi connectivity index (χ1v) is 8.98. The molecular weight excluding hydrogens is 367 g/mol. The van der Waals surface area contributed by atoms with Crippen LogP contribution in [0.25, 0.3) is 11.3 Å². The molecule has 0 saturated carbocycles. The molecular formula is C23H17FN4O. The van der Waals surface area contributed by atoms with E-state index in [1.807, 2.05) is 36.4 Å². The Balaban J connectivity index is 1.47. The van der Waals surface area contributed by atoms with Gasteiger partial charge in [-0.2, -0.15) is 0 Å². The summed E-state index contributed by atoms with van der Waals surface area (Å²) in [5, 5.41) is 5.98. The summed E-state index contributed by atoms with van der Waals surface area (Å²) in [7, 11) is 0. The number of carbonyl (C=O) groups is 1. The van der Waals surface area contributed by atoms with Gasteiger partial charge in [0.1, 0.15) is 12.1 Å². The molecule has 1 amide bonds. The van der Waals surface area contributed by atoms with Crippen LogP contribution in [0.15, 0.2) is 91.4 Å². The predicted octanol–water partition coefficient (Wildman–Crippen LogP) is 5.28. The number of benzene rings is 3. The highest BCUT2D eigenvalue weighted by Crippen LogP contribution is 2.22. The minimum atomic E-state index is -0.399. The van der Waals surface area contributed by atoms with Crippen molar-refractivity contribution >= 4 is 23.0 Å². The molecule has 2 N–H and O–H groups in total. The van der Waals surface area contributed by atoms with Gasteiger partial charge in [-0.1, -0.05) is 24.3 Å². The second kappa shape index (κ2) is 8.31. The number of rotatable bonds is 5. The molecule has 1 heterocycles. The summed E-state index contributed by atoms with van der Waals surface area (Å²) in [4.78, 5) is 20.6. The van der Waals surface area contributed by atoms with E-state index < -0.39 is 5.82 Å². The zero-order chi connectivity index (χ0) is 20.1. The molecule has 0 aliphatic heterocycles. The predicted molar refractivity (Wildman–Crippen MR) is 112 cm³/mol. The van der Waals surface area contributed by atoms with Crippen molar-refractivity contribution < 1.29 is 9.18 Å².